The molecule has 110 valence electrons. The SMILES string of the molecule is COC(=O)/C=C/C(=O)OCC1C(=O)NC(C)C(=O)N1C. The van der Waals surface area contributed by atoms with E-state index in [1.165, 1.54) is 19.1 Å². The summed E-state index contributed by atoms with van der Waals surface area (Å²) in [6, 6.07) is -1.48. The van der Waals surface area contributed by atoms with Crippen LogP contribution in [0.25, 0.3) is 0 Å². The molecule has 1 aliphatic rings. The number of ether oxygens (including phenoxy) is 2. The number of piperazine rings is 1. The summed E-state index contributed by atoms with van der Waals surface area (Å²) >= 11 is 0. The van der Waals surface area contributed by atoms with Crippen molar-refractivity contribution in [2.75, 3.05) is 20.8 Å². The van der Waals surface area contributed by atoms with E-state index in [-0.39, 0.29) is 12.5 Å². The predicted molar refractivity (Wildman–Crippen MR) is 66.3 cm³/mol. The summed E-state index contributed by atoms with van der Waals surface area (Å²) < 4.78 is 9.12. The summed E-state index contributed by atoms with van der Waals surface area (Å²) in [6.07, 6.45) is 1.79. The van der Waals surface area contributed by atoms with E-state index in [9.17, 15) is 19.2 Å². The number of carbonyl (C=O) groups excluding carboxylic acids is 4. The lowest BCUT2D eigenvalue weighted by Gasteiger charge is -2.34. The Bertz CT molecular complexity index is 459. The summed E-state index contributed by atoms with van der Waals surface area (Å²) in [5, 5.41) is 2.48. The lowest BCUT2D eigenvalue weighted by Crippen LogP contribution is -2.62. The lowest BCUT2D eigenvalue weighted by atomic mass is 10.1. The normalized spacial score (nSPS) is 22.6. The molecular weight excluding hydrogens is 268 g/mol. The Labute approximate surface area is 115 Å². The zero-order valence-corrected chi connectivity index (χ0v) is 11.4. The van der Waals surface area contributed by atoms with E-state index in [2.05, 4.69) is 10.1 Å². The number of nitrogens with zero attached hydrogens (tertiary/aromatic N) is 1. The Kier molecular flexibility index (Phi) is 5.24. The van der Waals surface area contributed by atoms with Crippen molar-refractivity contribution >= 4 is 23.8 Å². The van der Waals surface area contributed by atoms with Crippen molar-refractivity contribution < 1.29 is 28.7 Å². The first-order valence-electron chi connectivity index (χ1n) is 5.86. The van der Waals surface area contributed by atoms with Crippen LogP contribution < -0.4 is 5.32 Å². The average Bonchev–Trinajstić information content (AvgIpc) is 2.42. The minimum atomic E-state index is -0.880. The molecule has 0 bridgehead atoms. The van der Waals surface area contributed by atoms with E-state index in [4.69, 9.17) is 4.74 Å². The van der Waals surface area contributed by atoms with Crippen LogP contribution in [0.5, 0.6) is 0 Å². The molecule has 0 aromatic heterocycles. The van der Waals surface area contributed by atoms with Gasteiger partial charge in [-0.25, -0.2) is 9.59 Å². The fourth-order valence-corrected chi connectivity index (χ4v) is 1.61. The van der Waals surface area contributed by atoms with E-state index in [0.29, 0.717) is 0 Å². The molecule has 0 spiro atoms. The molecule has 1 saturated heterocycles. The Hall–Kier alpha value is -2.38. The zero-order chi connectivity index (χ0) is 15.3. The van der Waals surface area contributed by atoms with Crippen LogP contribution >= 0.6 is 0 Å². The summed E-state index contributed by atoms with van der Waals surface area (Å²) in [6.45, 7) is 1.28. The van der Waals surface area contributed by atoms with E-state index >= 15 is 0 Å². The van der Waals surface area contributed by atoms with Crippen molar-refractivity contribution in [3.05, 3.63) is 12.2 Å². The summed E-state index contributed by atoms with van der Waals surface area (Å²) in [4.78, 5) is 46.7. The number of carbonyl (C=O) groups is 4. The van der Waals surface area contributed by atoms with Crippen LogP contribution in [-0.2, 0) is 28.7 Å². The smallest absolute Gasteiger partial charge is 0.331 e. The number of hydrogen-bond donors (Lipinski definition) is 1. The Balaban J connectivity index is 2.54. The number of hydrogen-bond acceptors (Lipinski definition) is 6. The lowest BCUT2D eigenvalue weighted by molar-refractivity contribution is -0.153. The van der Waals surface area contributed by atoms with Gasteiger partial charge in [0.25, 0.3) is 0 Å². The molecule has 2 unspecified atom stereocenters. The first kappa shape index (κ1) is 15.7. The van der Waals surface area contributed by atoms with Gasteiger partial charge in [0, 0.05) is 19.2 Å². The van der Waals surface area contributed by atoms with E-state index < -0.39 is 29.9 Å². The Morgan fingerprint density at radius 1 is 1.30 bits per heavy atom. The summed E-state index contributed by atoms with van der Waals surface area (Å²) in [5.74, 6) is -2.17. The highest BCUT2D eigenvalue weighted by Crippen LogP contribution is 2.08. The van der Waals surface area contributed by atoms with E-state index in [1.807, 2.05) is 0 Å². The predicted octanol–water partition coefficient (Wildman–Crippen LogP) is -1.40. The quantitative estimate of drug-likeness (QED) is 0.503. The molecule has 0 aromatic rings. The Morgan fingerprint density at radius 2 is 1.90 bits per heavy atom. The van der Waals surface area contributed by atoms with Gasteiger partial charge in [-0.1, -0.05) is 0 Å². The first-order valence-corrected chi connectivity index (χ1v) is 5.86. The molecule has 2 amide bonds. The molecule has 1 aliphatic heterocycles. The van der Waals surface area contributed by atoms with Crippen molar-refractivity contribution in [3.8, 4) is 0 Å². The molecule has 8 heteroatoms. The van der Waals surface area contributed by atoms with Gasteiger partial charge in [0.05, 0.1) is 7.11 Å². The number of methoxy groups -OCH3 is 1. The monoisotopic (exact) mass is 284 g/mol. The number of likely N-dealkylation sites (N-methyl/N-ethyl adjacent to an activating group) is 1. The molecule has 1 N–H and O–H groups in total. The highest BCUT2D eigenvalue weighted by atomic mass is 16.5. The van der Waals surface area contributed by atoms with Crippen molar-refractivity contribution in [1.29, 1.82) is 0 Å². The second-order valence-electron chi connectivity index (χ2n) is 4.18. The van der Waals surface area contributed by atoms with Crippen LogP contribution in [-0.4, -0.2) is 61.5 Å². The van der Waals surface area contributed by atoms with Gasteiger partial charge < -0.3 is 19.7 Å². The second-order valence-corrected chi connectivity index (χ2v) is 4.18. The van der Waals surface area contributed by atoms with Crippen LogP contribution in [0.4, 0.5) is 0 Å². The first-order chi connectivity index (χ1) is 9.36. The maximum Gasteiger partial charge on any atom is 0.331 e. The van der Waals surface area contributed by atoms with Gasteiger partial charge in [-0.15, -0.1) is 0 Å². The molecule has 20 heavy (non-hydrogen) atoms. The number of nitrogens with one attached hydrogen (secondary N) is 1. The van der Waals surface area contributed by atoms with Crippen molar-refractivity contribution in [3.63, 3.8) is 0 Å². The molecule has 8 nitrogen and oxygen atoms in total. The molecular formula is C12H16N2O6. The number of esters is 2. The van der Waals surface area contributed by atoms with Gasteiger partial charge in [0.15, 0.2) is 0 Å². The summed E-state index contributed by atoms with van der Waals surface area (Å²) in [5.41, 5.74) is 0. The van der Waals surface area contributed by atoms with Gasteiger partial charge in [0.1, 0.15) is 18.7 Å². The molecule has 1 heterocycles. The van der Waals surface area contributed by atoms with Crippen molar-refractivity contribution in [2.24, 2.45) is 0 Å². The highest BCUT2D eigenvalue weighted by molar-refractivity contribution is 5.97. The van der Waals surface area contributed by atoms with Crippen LogP contribution in [0.1, 0.15) is 6.92 Å². The van der Waals surface area contributed by atoms with Crippen LogP contribution in [0.15, 0.2) is 12.2 Å². The molecule has 1 fully saturated rings. The molecule has 0 radical (unpaired) electrons. The second kappa shape index (κ2) is 6.69. The standard InChI is InChI=1S/C12H16N2O6/c1-7-12(18)14(2)8(11(17)13-7)6-20-10(16)5-4-9(15)19-3/h4-5,7-8H,6H2,1-3H3,(H,13,17)/b5-4+. The van der Waals surface area contributed by atoms with E-state index in [0.717, 1.165) is 12.2 Å². The maximum atomic E-state index is 11.7. The molecule has 0 saturated carbocycles. The van der Waals surface area contributed by atoms with Gasteiger partial charge in [0.2, 0.25) is 11.8 Å². The Morgan fingerprint density at radius 3 is 2.50 bits per heavy atom. The van der Waals surface area contributed by atoms with Gasteiger partial charge in [-0.3, -0.25) is 9.59 Å². The topological polar surface area (TPSA) is 102 Å². The van der Waals surface area contributed by atoms with E-state index in [1.54, 1.807) is 6.92 Å². The fourth-order valence-electron chi connectivity index (χ4n) is 1.61. The van der Waals surface area contributed by atoms with Gasteiger partial charge in [-0.2, -0.15) is 0 Å². The van der Waals surface area contributed by atoms with Crippen LogP contribution in [0.2, 0.25) is 0 Å². The summed E-state index contributed by atoms with van der Waals surface area (Å²) in [7, 11) is 2.63. The highest BCUT2D eigenvalue weighted by Gasteiger charge is 2.36. The van der Waals surface area contributed by atoms with Crippen LogP contribution in [0, 0.1) is 0 Å². The van der Waals surface area contributed by atoms with Crippen molar-refractivity contribution in [1.82, 2.24) is 10.2 Å². The maximum absolute atomic E-state index is 11.7. The molecule has 2 atom stereocenters. The number of amides is 2. The number of rotatable bonds is 4. The van der Waals surface area contributed by atoms with Gasteiger partial charge in [-0.05, 0) is 6.92 Å². The average molecular weight is 284 g/mol. The fraction of sp³-hybridized carbons (Fsp3) is 0.500. The molecule has 0 aliphatic carbocycles. The third-order valence-electron chi connectivity index (χ3n) is 2.79. The minimum absolute atomic E-state index is 0.268. The molecule has 0 aromatic carbocycles. The minimum Gasteiger partial charge on any atom is -0.466 e. The van der Waals surface area contributed by atoms with Crippen molar-refractivity contribution in [2.45, 2.75) is 19.0 Å². The van der Waals surface area contributed by atoms with Gasteiger partial charge >= 0.3 is 11.9 Å². The van der Waals surface area contributed by atoms with Crippen LogP contribution in [0.3, 0.4) is 0 Å². The largest absolute Gasteiger partial charge is 0.466 e. The third-order valence-corrected chi connectivity index (χ3v) is 2.79. The molecule has 1 rings (SSSR count). The zero-order valence-electron chi connectivity index (χ0n) is 11.4. The third kappa shape index (κ3) is 3.81.